The standard InChI is InChI=1S/C8H8INO2S/c1-2-12-8(11)6-3-5(4-10)13-7(6)9/h3,8,11H,2H2,1H3. The van der Waals surface area contributed by atoms with Gasteiger partial charge in [-0.2, -0.15) is 5.26 Å². The van der Waals surface area contributed by atoms with Crippen LogP contribution in [0.1, 0.15) is 23.7 Å². The molecule has 1 unspecified atom stereocenters. The minimum atomic E-state index is -0.907. The number of aliphatic hydroxyl groups is 1. The Hall–Kier alpha value is -0.160. The van der Waals surface area contributed by atoms with E-state index in [0.717, 1.165) is 2.88 Å². The fraction of sp³-hybridized carbons (Fsp3) is 0.375. The van der Waals surface area contributed by atoms with Gasteiger partial charge >= 0.3 is 0 Å². The summed E-state index contributed by atoms with van der Waals surface area (Å²) in [6.45, 7) is 2.27. The van der Waals surface area contributed by atoms with Crippen molar-refractivity contribution < 1.29 is 9.84 Å². The van der Waals surface area contributed by atoms with Gasteiger partial charge in [-0.15, -0.1) is 11.3 Å². The van der Waals surface area contributed by atoms with Crippen molar-refractivity contribution in [2.24, 2.45) is 0 Å². The van der Waals surface area contributed by atoms with Crippen molar-refractivity contribution >= 4 is 33.9 Å². The molecular formula is C8H8INO2S. The van der Waals surface area contributed by atoms with Gasteiger partial charge < -0.3 is 9.84 Å². The number of halogens is 1. The topological polar surface area (TPSA) is 53.2 Å². The average Bonchev–Trinajstić information content (AvgIpc) is 2.47. The Morgan fingerprint density at radius 2 is 2.54 bits per heavy atom. The predicted molar refractivity (Wildman–Crippen MR) is 58.3 cm³/mol. The highest BCUT2D eigenvalue weighted by Crippen LogP contribution is 2.29. The molecule has 0 bridgehead atoms. The molecule has 5 heteroatoms. The molecule has 0 amide bonds. The molecule has 0 aromatic carbocycles. The Kier molecular flexibility index (Phi) is 4.12. The van der Waals surface area contributed by atoms with E-state index in [1.807, 2.05) is 13.0 Å². The van der Waals surface area contributed by atoms with Gasteiger partial charge in [-0.1, -0.05) is 0 Å². The molecule has 1 atom stereocenters. The third kappa shape index (κ3) is 2.64. The largest absolute Gasteiger partial charge is 0.364 e. The Morgan fingerprint density at radius 3 is 3.00 bits per heavy atom. The number of nitrogens with zero attached hydrogens (tertiary/aromatic N) is 1. The van der Waals surface area contributed by atoms with Crippen molar-refractivity contribution in [3.63, 3.8) is 0 Å². The van der Waals surface area contributed by atoms with E-state index in [0.29, 0.717) is 17.0 Å². The molecule has 0 aliphatic heterocycles. The first-order valence-corrected chi connectivity index (χ1v) is 5.57. The van der Waals surface area contributed by atoms with E-state index in [1.165, 1.54) is 11.3 Å². The highest BCUT2D eigenvalue weighted by Gasteiger charge is 2.14. The van der Waals surface area contributed by atoms with Crippen LogP contribution < -0.4 is 0 Å². The zero-order valence-electron chi connectivity index (χ0n) is 6.95. The van der Waals surface area contributed by atoms with Gasteiger partial charge in [0.25, 0.3) is 0 Å². The normalized spacial score (nSPS) is 12.5. The van der Waals surface area contributed by atoms with Gasteiger partial charge in [0, 0.05) is 12.2 Å². The van der Waals surface area contributed by atoms with Crippen molar-refractivity contribution in [2.45, 2.75) is 13.2 Å². The van der Waals surface area contributed by atoms with Crippen molar-refractivity contribution in [3.05, 3.63) is 19.4 Å². The lowest BCUT2D eigenvalue weighted by Crippen LogP contribution is -2.02. The highest BCUT2D eigenvalue weighted by atomic mass is 127. The van der Waals surface area contributed by atoms with E-state index in [9.17, 15) is 5.11 Å². The molecular weight excluding hydrogens is 301 g/mol. The fourth-order valence-electron chi connectivity index (χ4n) is 0.854. The number of aliphatic hydroxyl groups excluding tert-OH is 1. The summed E-state index contributed by atoms with van der Waals surface area (Å²) >= 11 is 3.44. The van der Waals surface area contributed by atoms with Crippen molar-refractivity contribution in [3.8, 4) is 6.07 Å². The van der Waals surface area contributed by atoms with E-state index < -0.39 is 6.29 Å². The molecule has 0 fully saturated rings. The Balaban J connectivity index is 2.88. The third-order valence-electron chi connectivity index (χ3n) is 1.41. The maximum atomic E-state index is 9.48. The van der Waals surface area contributed by atoms with Gasteiger partial charge in [-0.3, -0.25) is 0 Å². The summed E-state index contributed by atoms with van der Waals surface area (Å²) in [4.78, 5) is 0.596. The van der Waals surface area contributed by atoms with Gasteiger partial charge in [0.2, 0.25) is 0 Å². The summed E-state index contributed by atoms with van der Waals surface area (Å²) in [6, 6.07) is 3.69. The maximum absolute atomic E-state index is 9.48. The lowest BCUT2D eigenvalue weighted by atomic mass is 10.3. The molecule has 3 nitrogen and oxygen atoms in total. The van der Waals surface area contributed by atoms with Crippen LogP contribution in [0.15, 0.2) is 6.07 Å². The van der Waals surface area contributed by atoms with Crippen LogP contribution in [0.2, 0.25) is 0 Å². The summed E-state index contributed by atoms with van der Waals surface area (Å²) in [5.41, 5.74) is 0.684. The summed E-state index contributed by atoms with van der Waals surface area (Å²) in [6.07, 6.45) is -0.907. The van der Waals surface area contributed by atoms with Crippen LogP contribution in [-0.4, -0.2) is 11.7 Å². The van der Waals surface area contributed by atoms with Gasteiger partial charge in [0.1, 0.15) is 10.9 Å². The lowest BCUT2D eigenvalue weighted by molar-refractivity contribution is -0.0981. The summed E-state index contributed by atoms with van der Waals surface area (Å²) in [5.74, 6) is 0. The van der Waals surface area contributed by atoms with Gasteiger partial charge in [0.05, 0.1) is 2.88 Å². The van der Waals surface area contributed by atoms with E-state index in [2.05, 4.69) is 22.6 Å². The van der Waals surface area contributed by atoms with Crippen LogP contribution in [0.25, 0.3) is 0 Å². The van der Waals surface area contributed by atoms with E-state index >= 15 is 0 Å². The van der Waals surface area contributed by atoms with E-state index in [1.54, 1.807) is 6.07 Å². The molecule has 1 rings (SSSR count). The number of rotatable bonds is 3. The molecule has 1 N–H and O–H groups in total. The number of nitriles is 1. The quantitative estimate of drug-likeness (QED) is 0.688. The van der Waals surface area contributed by atoms with Gasteiger partial charge in [-0.25, -0.2) is 0 Å². The average molecular weight is 309 g/mol. The Bertz CT molecular complexity index is 331. The first-order valence-electron chi connectivity index (χ1n) is 3.68. The first kappa shape index (κ1) is 10.9. The summed E-state index contributed by atoms with van der Waals surface area (Å²) in [7, 11) is 0. The van der Waals surface area contributed by atoms with E-state index in [-0.39, 0.29) is 0 Å². The number of ether oxygens (including phenoxy) is 1. The van der Waals surface area contributed by atoms with Crippen LogP contribution >= 0.6 is 33.9 Å². The zero-order valence-corrected chi connectivity index (χ0v) is 9.92. The molecule has 0 spiro atoms. The second kappa shape index (κ2) is 4.91. The van der Waals surface area contributed by atoms with Gasteiger partial charge in [0.15, 0.2) is 6.29 Å². The Labute approximate surface area is 94.1 Å². The van der Waals surface area contributed by atoms with Crippen LogP contribution in [0.4, 0.5) is 0 Å². The third-order valence-corrected chi connectivity index (χ3v) is 3.54. The number of hydrogen-bond donors (Lipinski definition) is 1. The van der Waals surface area contributed by atoms with Crippen molar-refractivity contribution in [1.82, 2.24) is 0 Å². The SMILES string of the molecule is CCOC(O)c1cc(C#N)sc1I. The zero-order chi connectivity index (χ0) is 9.84. The van der Waals surface area contributed by atoms with Crippen LogP contribution in [0.3, 0.4) is 0 Å². The second-order valence-electron chi connectivity index (χ2n) is 2.26. The summed E-state index contributed by atoms with van der Waals surface area (Å²) < 4.78 is 5.91. The number of hydrogen-bond acceptors (Lipinski definition) is 4. The van der Waals surface area contributed by atoms with Crippen LogP contribution in [-0.2, 0) is 4.74 Å². The molecule has 0 saturated carbocycles. The molecule has 0 aliphatic carbocycles. The summed E-state index contributed by atoms with van der Waals surface area (Å²) in [5, 5.41) is 18.1. The minimum Gasteiger partial charge on any atom is -0.364 e. The molecule has 70 valence electrons. The van der Waals surface area contributed by atoms with E-state index in [4.69, 9.17) is 10.00 Å². The number of thiophene rings is 1. The molecule has 1 aromatic heterocycles. The molecule has 0 aliphatic rings. The molecule has 0 radical (unpaired) electrons. The van der Waals surface area contributed by atoms with Crippen molar-refractivity contribution in [1.29, 1.82) is 5.26 Å². The monoisotopic (exact) mass is 309 g/mol. The first-order chi connectivity index (χ1) is 6.19. The molecule has 0 saturated heterocycles. The Morgan fingerprint density at radius 1 is 1.85 bits per heavy atom. The highest BCUT2D eigenvalue weighted by molar-refractivity contribution is 14.1. The van der Waals surface area contributed by atoms with Crippen molar-refractivity contribution in [2.75, 3.05) is 6.61 Å². The lowest BCUT2D eigenvalue weighted by Gasteiger charge is -2.08. The van der Waals surface area contributed by atoms with Crippen LogP contribution in [0.5, 0.6) is 0 Å². The van der Waals surface area contributed by atoms with Crippen LogP contribution in [0, 0.1) is 14.2 Å². The molecule has 1 heterocycles. The van der Waals surface area contributed by atoms with Gasteiger partial charge in [-0.05, 0) is 35.6 Å². The molecule has 13 heavy (non-hydrogen) atoms. The minimum absolute atomic E-state index is 0.453. The maximum Gasteiger partial charge on any atom is 0.183 e. The second-order valence-corrected chi connectivity index (χ2v) is 5.12. The fourth-order valence-corrected chi connectivity index (χ4v) is 2.69. The molecule has 1 aromatic rings. The smallest absolute Gasteiger partial charge is 0.183 e. The predicted octanol–water partition coefficient (Wildman–Crippen LogP) is 2.25.